The van der Waals surface area contributed by atoms with E-state index in [1.54, 1.807) is 17.1 Å². The summed E-state index contributed by atoms with van der Waals surface area (Å²) in [6.07, 6.45) is 2.64. The van der Waals surface area contributed by atoms with E-state index in [9.17, 15) is 9.18 Å². The molecule has 1 aliphatic heterocycles. The largest absolute Gasteiger partial charge is 0.349 e. The van der Waals surface area contributed by atoms with Crippen LogP contribution in [0.5, 0.6) is 0 Å². The SMILES string of the molecule is Cn1cc(SCC(=O)N2N=C(c3ccc(Br)cc3)C[C@@H]2c2ccc(F)cc2)c2ccccc21. The molecular weight excluding hydrogens is 501 g/mol. The van der Waals surface area contributed by atoms with Crippen molar-refractivity contribution in [3.63, 3.8) is 0 Å². The van der Waals surface area contributed by atoms with Gasteiger partial charge in [-0.25, -0.2) is 9.40 Å². The number of carbonyl (C=O) groups is 1. The molecule has 2 heterocycles. The Morgan fingerprint density at radius 1 is 1.09 bits per heavy atom. The minimum Gasteiger partial charge on any atom is -0.349 e. The molecule has 4 aromatic rings. The van der Waals surface area contributed by atoms with Crippen molar-refractivity contribution < 1.29 is 9.18 Å². The molecule has 0 N–H and O–H groups in total. The molecule has 0 spiro atoms. The van der Waals surface area contributed by atoms with Gasteiger partial charge in [0.15, 0.2) is 0 Å². The van der Waals surface area contributed by atoms with E-state index in [1.807, 2.05) is 43.4 Å². The van der Waals surface area contributed by atoms with E-state index in [1.165, 1.54) is 23.9 Å². The smallest absolute Gasteiger partial charge is 0.253 e. The Kier molecular flexibility index (Phi) is 6.08. The number of para-hydroxylation sites is 1. The number of halogens is 2. The summed E-state index contributed by atoms with van der Waals surface area (Å²) in [5, 5.41) is 7.43. The van der Waals surface area contributed by atoms with Crippen LogP contribution in [-0.2, 0) is 11.8 Å². The van der Waals surface area contributed by atoms with Crippen molar-refractivity contribution in [2.75, 3.05) is 5.75 Å². The van der Waals surface area contributed by atoms with Crippen LogP contribution in [0.1, 0.15) is 23.6 Å². The van der Waals surface area contributed by atoms with Crippen LogP contribution in [0.25, 0.3) is 10.9 Å². The minimum atomic E-state index is -0.296. The van der Waals surface area contributed by atoms with Crippen molar-refractivity contribution in [3.8, 4) is 0 Å². The van der Waals surface area contributed by atoms with E-state index in [0.717, 1.165) is 37.1 Å². The fourth-order valence-corrected chi connectivity index (χ4v) is 5.36. The molecule has 0 aliphatic carbocycles. The molecule has 0 bridgehead atoms. The van der Waals surface area contributed by atoms with Crippen LogP contribution in [0.15, 0.2) is 93.5 Å². The van der Waals surface area contributed by atoms with Crippen molar-refractivity contribution in [1.29, 1.82) is 0 Å². The number of hydrazone groups is 1. The van der Waals surface area contributed by atoms with E-state index in [4.69, 9.17) is 5.10 Å². The fourth-order valence-electron chi connectivity index (χ4n) is 4.13. The van der Waals surface area contributed by atoms with Gasteiger partial charge in [0.25, 0.3) is 5.91 Å². The zero-order valence-corrected chi connectivity index (χ0v) is 20.3. The molecule has 1 amide bonds. The predicted octanol–water partition coefficient (Wildman–Crippen LogP) is 6.55. The number of rotatable bonds is 5. The first-order chi connectivity index (χ1) is 16.0. The van der Waals surface area contributed by atoms with Gasteiger partial charge in [-0.15, -0.1) is 11.8 Å². The van der Waals surface area contributed by atoms with Gasteiger partial charge in [0.1, 0.15) is 5.82 Å². The first-order valence-electron chi connectivity index (χ1n) is 10.6. The van der Waals surface area contributed by atoms with Gasteiger partial charge in [-0.1, -0.05) is 58.4 Å². The summed E-state index contributed by atoms with van der Waals surface area (Å²) < 4.78 is 16.6. The van der Waals surface area contributed by atoms with E-state index < -0.39 is 0 Å². The van der Waals surface area contributed by atoms with Crippen molar-refractivity contribution in [2.45, 2.75) is 17.4 Å². The molecule has 4 nitrogen and oxygen atoms in total. The van der Waals surface area contributed by atoms with E-state index in [2.05, 4.69) is 38.8 Å². The van der Waals surface area contributed by atoms with Crippen LogP contribution in [0.3, 0.4) is 0 Å². The Hall–Kier alpha value is -2.90. The predicted molar refractivity (Wildman–Crippen MR) is 135 cm³/mol. The summed E-state index contributed by atoms with van der Waals surface area (Å²) in [6.45, 7) is 0. The summed E-state index contributed by atoms with van der Waals surface area (Å²) in [7, 11) is 2.01. The molecule has 7 heteroatoms. The molecular formula is C26H21BrFN3OS. The van der Waals surface area contributed by atoms with E-state index >= 15 is 0 Å². The second-order valence-electron chi connectivity index (χ2n) is 7.97. The van der Waals surface area contributed by atoms with Crippen molar-refractivity contribution in [3.05, 3.63) is 100 Å². The van der Waals surface area contributed by atoms with Crippen LogP contribution in [0.2, 0.25) is 0 Å². The molecule has 0 saturated carbocycles. The fraction of sp³-hybridized carbons (Fsp3) is 0.154. The molecule has 1 aliphatic rings. The number of aryl methyl sites for hydroxylation is 1. The van der Waals surface area contributed by atoms with Gasteiger partial charge in [0.05, 0.1) is 17.5 Å². The Morgan fingerprint density at radius 3 is 2.58 bits per heavy atom. The normalized spacial score (nSPS) is 15.8. The average molecular weight is 522 g/mol. The quantitative estimate of drug-likeness (QED) is 0.279. The lowest BCUT2D eigenvalue weighted by Crippen LogP contribution is -2.28. The number of nitrogens with zero attached hydrogens (tertiary/aromatic N) is 3. The number of carbonyl (C=O) groups excluding carboxylic acids is 1. The van der Waals surface area contributed by atoms with Crippen LogP contribution >= 0.6 is 27.7 Å². The maximum atomic E-state index is 13.5. The van der Waals surface area contributed by atoms with Gasteiger partial charge in [-0.05, 0) is 41.5 Å². The van der Waals surface area contributed by atoms with E-state index in [0.29, 0.717) is 6.42 Å². The molecule has 1 atom stereocenters. The van der Waals surface area contributed by atoms with Crippen LogP contribution < -0.4 is 0 Å². The second kappa shape index (κ2) is 9.15. The highest BCUT2D eigenvalue weighted by Crippen LogP contribution is 2.35. The molecule has 0 fully saturated rings. The first kappa shape index (κ1) is 21.9. The van der Waals surface area contributed by atoms with Gasteiger partial charge in [-0.3, -0.25) is 4.79 Å². The number of hydrogen-bond acceptors (Lipinski definition) is 3. The van der Waals surface area contributed by atoms with Gasteiger partial charge in [0.2, 0.25) is 0 Å². The maximum absolute atomic E-state index is 13.5. The molecule has 1 aromatic heterocycles. The molecule has 5 rings (SSSR count). The summed E-state index contributed by atoms with van der Waals surface area (Å²) in [4.78, 5) is 14.4. The third-order valence-electron chi connectivity index (χ3n) is 5.81. The van der Waals surface area contributed by atoms with E-state index in [-0.39, 0.29) is 23.5 Å². The molecule has 0 radical (unpaired) electrons. The first-order valence-corrected chi connectivity index (χ1v) is 12.4. The highest BCUT2D eigenvalue weighted by molar-refractivity contribution is 9.10. The summed E-state index contributed by atoms with van der Waals surface area (Å²) in [6, 6.07) is 22.1. The summed E-state index contributed by atoms with van der Waals surface area (Å²) >= 11 is 4.98. The van der Waals surface area contributed by atoms with Crippen molar-refractivity contribution in [2.24, 2.45) is 12.1 Å². The third kappa shape index (κ3) is 4.48. The standard InChI is InChI=1S/C26H21BrFN3OS/c1-30-15-25(21-4-2-3-5-23(21)30)33-16-26(32)31-24(18-8-12-20(28)13-9-18)14-22(29-31)17-6-10-19(27)11-7-17/h2-13,15,24H,14,16H2,1H3/t24-/m1/s1. The molecule has 0 saturated heterocycles. The Labute approximate surface area is 204 Å². The lowest BCUT2D eigenvalue weighted by atomic mass is 9.98. The van der Waals surface area contributed by atoms with Gasteiger partial charge >= 0.3 is 0 Å². The Balaban J connectivity index is 1.41. The third-order valence-corrected chi connectivity index (χ3v) is 7.37. The lowest BCUT2D eigenvalue weighted by molar-refractivity contribution is -0.130. The summed E-state index contributed by atoms with van der Waals surface area (Å²) in [5.41, 5.74) is 3.83. The Bertz CT molecular complexity index is 1350. The zero-order chi connectivity index (χ0) is 22.9. The van der Waals surface area contributed by atoms with Crippen molar-refractivity contribution >= 4 is 50.2 Å². The highest BCUT2D eigenvalue weighted by Gasteiger charge is 2.33. The monoisotopic (exact) mass is 521 g/mol. The number of amides is 1. The molecule has 0 unspecified atom stereocenters. The number of hydrogen-bond donors (Lipinski definition) is 0. The number of benzene rings is 3. The van der Waals surface area contributed by atoms with Gasteiger partial charge < -0.3 is 4.57 Å². The number of thioether (sulfide) groups is 1. The molecule has 33 heavy (non-hydrogen) atoms. The lowest BCUT2D eigenvalue weighted by Gasteiger charge is -2.22. The summed E-state index contributed by atoms with van der Waals surface area (Å²) in [5.74, 6) is -0.104. The van der Waals surface area contributed by atoms with Gasteiger partial charge in [-0.2, -0.15) is 5.10 Å². The van der Waals surface area contributed by atoms with Crippen LogP contribution in [-0.4, -0.2) is 26.9 Å². The number of aromatic nitrogens is 1. The Morgan fingerprint density at radius 2 is 1.82 bits per heavy atom. The topological polar surface area (TPSA) is 37.6 Å². The van der Waals surface area contributed by atoms with Crippen molar-refractivity contribution in [1.82, 2.24) is 9.58 Å². The average Bonchev–Trinajstić information content (AvgIpc) is 3.41. The highest BCUT2D eigenvalue weighted by atomic mass is 79.9. The molecule has 3 aromatic carbocycles. The number of fused-ring (bicyclic) bond motifs is 1. The minimum absolute atomic E-state index is 0.0747. The maximum Gasteiger partial charge on any atom is 0.253 e. The van der Waals surface area contributed by atoms with Gasteiger partial charge in [0, 0.05) is 39.9 Å². The second-order valence-corrected chi connectivity index (χ2v) is 9.91. The van der Waals surface area contributed by atoms with Crippen LogP contribution in [0.4, 0.5) is 4.39 Å². The van der Waals surface area contributed by atoms with Crippen LogP contribution in [0, 0.1) is 5.82 Å². The molecule has 166 valence electrons. The zero-order valence-electron chi connectivity index (χ0n) is 17.9.